The summed E-state index contributed by atoms with van der Waals surface area (Å²) in [6, 6.07) is 9.37. The number of benzene rings is 1. The maximum absolute atomic E-state index is 12.3. The van der Waals surface area contributed by atoms with E-state index in [1.807, 2.05) is 12.1 Å². The van der Waals surface area contributed by atoms with Crippen LogP contribution >= 0.6 is 0 Å². The third-order valence-corrected chi connectivity index (χ3v) is 4.64. The summed E-state index contributed by atoms with van der Waals surface area (Å²) < 4.78 is 10.9. The van der Waals surface area contributed by atoms with Crippen molar-refractivity contribution >= 4 is 11.6 Å². The number of hydrogen-bond acceptors (Lipinski definition) is 5. The lowest BCUT2D eigenvalue weighted by Crippen LogP contribution is -2.21. The van der Waals surface area contributed by atoms with Crippen LogP contribution in [0.3, 0.4) is 0 Å². The van der Waals surface area contributed by atoms with Crippen molar-refractivity contribution in [3.05, 3.63) is 46.6 Å². The van der Waals surface area contributed by atoms with Crippen LogP contribution in [-0.4, -0.2) is 24.6 Å². The van der Waals surface area contributed by atoms with E-state index in [-0.39, 0.29) is 24.3 Å². The van der Waals surface area contributed by atoms with Gasteiger partial charge >= 0.3 is 0 Å². The third-order valence-electron chi connectivity index (χ3n) is 4.64. The van der Waals surface area contributed by atoms with Crippen LogP contribution < -0.4 is 14.8 Å². The van der Waals surface area contributed by atoms with E-state index in [1.165, 1.54) is 5.56 Å². The molecule has 0 saturated heterocycles. The van der Waals surface area contributed by atoms with Crippen LogP contribution in [0.2, 0.25) is 0 Å². The number of para-hydroxylation sites is 2. The van der Waals surface area contributed by atoms with E-state index in [0.29, 0.717) is 17.0 Å². The summed E-state index contributed by atoms with van der Waals surface area (Å²) in [4.78, 5) is 16.9. The smallest absolute Gasteiger partial charge is 0.262 e. The molecule has 1 aromatic carbocycles. The molecule has 1 aliphatic carbocycles. The number of anilines is 1. The van der Waals surface area contributed by atoms with Crippen molar-refractivity contribution in [3.8, 4) is 17.7 Å². The maximum atomic E-state index is 12.3. The van der Waals surface area contributed by atoms with E-state index < -0.39 is 0 Å². The first-order chi connectivity index (χ1) is 13.0. The fourth-order valence-corrected chi connectivity index (χ4v) is 3.43. The van der Waals surface area contributed by atoms with Crippen molar-refractivity contribution in [2.75, 3.05) is 19.0 Å². The summed E-state index contributed by atoms with van der Waals surface area (Å²) in [6.07, 6.45) is 2.81. The van der Waals surface area contributed by atoms with Crippen LogP contribution in [0.15, 0.2) is 24.3 Å². The van der Waals surface area contributed by atoms with E-state index in [9.17, 15) is 10.1 Å². The van der Waals surface area contributed by atoms with Crippen LogP contribution in [0.1, 0.15) is 48.6 Å². The van der Waals surface area contributed by atoms with Crippen LogP contribution in [0.25, 0.3) is 0 Å². The zero-order valence-corrected chi connectivity index (χ0v) is 15.8. The highest BCUT2D eigenvalue weighted by Gasteiger charge is 2.25. The number of hydrogen-bond donors (Lipinski definition) is 1. The number of pyridine rings is 1. The van der Waals surface area contributed by atoms with E-state index >= 15 is 0 Å². The summed E-state index contributed by atoms with van der Waals surface area (Å²) in [7, 11) is 1.54. The Labute approximate surface area is 159 Å². The number of methoxy groups -OCH3 is 1. The highest BCUT2D eigenvalue weighted by Crippen LogP contribution is 2.35. The Morgan fingerprint density at radius 1 is 1.30 bits per heavy atom. The van der Waals surface area contributed by atoms with Gasteiger partial charge in [0.25, 0.3) is 5.91 Å². The van der Waals surface area contributed by atoms with E-state index in [4.69, 9.17) is 9.47 Å². The highest BCUT2D eigenvalue weighted by atomic mass is 16.5. The van der Waals surface area contributed by atoms with Crippen LogP contribution in [0.4, 0.5) is 5.69 Å². The Morgan fingerprint density at radius 3 is 2.74 bits per heavy atom. The largest absolute Gasteiger partial charge is 0.495 e. The van der Waals surface area contributed by atoms with Crippen LogP contribution in [0, 0.1) is 11.3 Å². The number of aromatic nitrogens is 1. The Bertz CT molecular complexity index is 900. The normalized spacial score (nSPS) is 12.4. The van der Waals surface area contributed by atoms with Gasteiger partial charge < -0.3 is 14.8 Å². The van der Waals surface area contributed by atoms with Gasteiger partial charge in [0.1, 0.15) is 17.4 Å². The van der Waals surface area contributed by atoms with Crippen molar-refractivity contribution in [2.45, 2.75) is 39.0 Å². The Morgan fingerprint density at radius 2 is 2.04 bits per heavy atom. The summed E-state index contributed by atoms with van der Waals surface area (Å²) in [5, 5.41) is 12.4. The molecule has 0 atom stereocenters. The minimum Gasteiger partial charge on any atom is -0.495 e. The third kappa shape index (κ3) is 3.87. The molecule has 0 fully saturated rings. The minimum atomic E-state index is -0.336. The molecule has 1 N–H and O–H groups in total. The number of amides is 1. The number of carbonyl (C=O) groups excluding carboxylic acids is 1. The van der Waals surface area contributed by atoms with Gasteiger partial charge in [-0.15, -0.1) is 0 Å². The average Bonchev–Trinajstić information content (AvgIpc) is 3.15. The second kappa shape index (κ2) is 8.09. The van der Waals surface area contributed by atoms with Crippen molar-refractivity contribution in [3.63, 3.8) is 0 Å². The Balaban J connectivity index is 1.79. The van der Waals surface area contributed by atoms with Gasteiger partial charge in [0.05, 0.1) is 18.5 Å². The summed E-state index contributed by atoms with van der Waals surface area (Å²) in [6.45, 7) is 3.92. The second-order valence-electron chi connectivity index (χ2n) is 6.79. The molecule has 140 valence electrons. The van der Waals surface area contributed by atoms with Crippen LogP contribution in [0.5, 0.6) is 11.6 Å². The van der Waals surface area contributed by atoms with Crippen LogP contribution in [-0.2, 0) is 17.6 Å². The quantitative estimate of drug-likeness (QED) is 0.846. The maximum Gasteiger partial charge on any atom is 0.262 e. The van der Waals surface area contributed by atoms with Gasteiger partial charge in [0, 0.05) is 0 Å². The topological polar surface area (TPSA) is 84.2 Å². The lowest BCUT2D eigenvalue weighted by Gasteiger charge is -2.16. The summed E-state index contributed by atoms with van der Waals surface area (Å²) in [5.74, 6) is 0.712. The summed E-state index contributed by atoms with van der Waals surface area (Å²) >= 11 is 0. The summed E-state index contributed by atoms with van der Waals surface area (Å²) in [5.41, 5.74) is 4.18. The molecule has 0 saturated carbocycles. The highest BCUT2D eigenvalue weighted by molar-refractivity contribution is 5.93. The zero-order valence-electron chi connectivity index (χ0n) is 15.8. The van der Waals surface area contributed by atoms with Gasteiger partial charge in [-0.2, -0.15) is 5.26 Å². The van der Waals surface area contributed by atoms with E-state index in [0.717, 1.165) is 30.5 Å². The van der Waals surface area contributed by atoms with Crippen molar-refractivity contribution < 1.29 is 14.3 Å². The van der Waals surface area contributed by atoms with Gasteiger partial charge in [-0.25, -0.2) is 4.98 Å². The van der Waals surface area contributed by atoms with Crippen molar-refractivity contribution in [2.24, 2.45) is 0 Å². The molecule has 1 aromatic heterocycles. The first kappa shape index (κ1) is 18.7. The predicted molar refractivity (Wildman–Crippen MR) is 102 cm³/mol. The molecule has 1 aliphatic rings. The molecule has 0 bridgehead atoms. The zero-order chi connectivity index (χ0) is 19.4. The molecule has 0 unspecified atom stereocenters. The molecule has 1 amide bonds. The number of carbonyl (C=O) groups is 1. The van der Waals surface area contributed by atoms with Crippen molar-refractivity contribution in [1.29, 1.82) is 5.26 Å². The number of ether oxygens (including phenoxy) is 2. The molecule has 6 heteroatoms. The van der Waals surface area contributed by atoms with Gasteiger partial charge in [-0.3, -0.25) is 4.79 Å². The second-order valence-corrected chi connectivity index (χ2v) is 6.79. The van der Waals surface area contributed by atoms with Gasteiger partial charge in [0.15, 0.2) is 6.61 Å². The average molecular weight is 365 g/mol. The molecule has 1 heterocycles. The predicted octanol–water partition coefficient (Wildman–Crippen LogP) is 3.59. The van der Waals surface area contributed by atoms with E-state index in [2.05, 4.69) is 30.2 Å². The number of nitriles is 1. The molecule has 0 radical (unpaired) electrons. The molecule has 0 spiro atoms. The number of nitrogens with zero attached hydrogens (tertiary/aromatic N) is 2. The molecular formula is C21H23N3O3. The van der Waals surface area contributed by atoms with E-state index in [1.54, 1.807) is 19.2 Å². The molecule has 0 aliphatic heterocycles. The molecular weight excluding hydrogens is 342 g/mol. The Kier molecular flexibility index (Phi) is 5.60. The first-order valence-electron chi connectivity index (χ1n) is 9.06. The van der Waals surface area contributed by atoms with Gasteiger partial charge in [-0.05, 0) is 48.4 Å². The van der Waals surface area contributed by atoms with Crippen molar-refractivity contribution in [1.82, 2.24) is 4.98 Å². The first-order valence-corrected chi connectivity index (χ1v) is 9.06. The van der Waals surface area contributed by atoms with Gasteiger partial charge in [0.2, 0.25) is 5.88 Å². The fraction of sp³-hybridized carbons (Fsp3) is 0.381. The number of fused-ring (bicyclic) bond motifs is 1. The fourth-order valence-electron chi connectivity index (χ4n) is 3.43. The lowest BCUT2D eigenvalue weighted by atomic mass is 9.98. The lowest BCUT2D eigenvalue weighted by molar-refractivity contribution is -0.118. The SMILES string of the molecule is COc1ccccc1NC(=O)COc1nc(C(C)C)c2c(c1C#N)CCC2. The monoisotopic (exact) mass is 365 g/mol. The molecule has 27 heavy (non-hydrogen) atoms. The number of nitrogens with one attached hydrogen (secondary N) is 1. The molecule has 2 aromatic rings. The molecule has 3 rings (SSSR count). The molecule has 6 nitrogen and oxygen atoms in total. The standard InChI is InChI=1S/C21H23N3O3/c1-13(2)20-15-8-6-7-14(15)16(11-22)21(24-20)27-12-19(25)23-17-9-4-5-10-18(17)26-3/h4-5,9-10,13H,6-8,12H2,1-3H3,(H,23,25). The van der Waals surface area contributed by atoms with Gasteiger partial charge in [-0.1, -0.05) is 26.0 Å². The Hall–Kier alpha value is -3.07. The minimum absolute atomic E-state index is 0.226. The number of rotatable bonds is 6.